The predicted octanol–water partition coefficient (Wildman–Crippen LogP) is 3.40. The molecule has 0 atom stereocenters. The Morgan fingerprint density at radius 2 is 1.70 bits per heavy atom. The van der Waals surface area contributed by atoms with Crippen molar-refractivity contribution in [2.45, 2.75) is 60.4 Å². The third kappa shape index (κ3) is 8.23. The molecule has 0 aliphatic carbocycles. The standard InChI is InChI=1S/C17H38N2O/c1-8-17(9-2,13-18-16(5)6)14-19(10-11-20-7)12-15(3)4/h15-16,18H,8-14H2,1-7H3. The van der Waals surface area contributed by atoms with Crippen molar-refractivity contribution >= 4 is 0 Å². The first-order valence-corrected chi connectivity index (χ1v) is 8.33. The first-order chi connectivity index (χ1) is 9.39. The fraction of sp³-hybridized carbons (Fsp3) is 1.00. The summed E-state index contributed by atoms with van der Waals surface area (Å²) >= 11 is 0. The molecule has 0 unspecified atom stereocenters. The number of nitrogens with zero attached hydrogens (tertiary/aromatic N) is 1. The van der Waals surface area contributed by atoms with E-state index in [-0.39, 0.29) is 0 Å². The molecular formula is C17H38N2O. The average molecular weight is 287 g/mol. The zero-order valence-corrected chi connectivity index (χ0v) is 15.0. The third-order valence-corrected chi connectivity index (χ3v) is 4.18. The highest BCUT2D eigenvalue weighted by atomic mass is 16.5. The van der Waals surface area contributed by atoms with Crippen molar-refractivity contribution in [3.8, 4) is 0 Å². The molecule has 0 heterocycles. The summed E-state index contributed by atoms with van der Waals surface area (Å²) in [6.07, 6.45) is 2.45. The highest BCUT2D eigenvalue weighted by Gasteiger charge is 2.29. The lowest BCUT2D eigenvalue weighted by atomic mass is 9.81. The maximum atomic E-state index is 5.28. The van der Waals surface area contributed by atoms with E-state index in [4.69, 9.17) is 4.74 Å². The second-order valence-corrected chi connectivity index (χ2v) is 6.86. The first-order valence-electron chi connectivity index (χ1n) is 8.33. The van der Waals surface area contributed by atoms with Crippen LogP contribution in [-0.2, 0) is 4.74 Å². The van der Waals surface area contributed by atoms with E-state index in [0.29, 0.717) is 17.4 Å². The van der Waals surface area contributed by atoms with Gasteiger partial charge in [0.15, 0.2) is 0 Å². The summed E-state index contributed by atoms with van der Waals surface area (Å²) in [5.74, 6) is 0.705. The molecule has 3 nitrogen and oxygen atoms in total. The summed E-state index contributed by atoms with van der Waals surface area (Å²) in [5, 5.41) is 3.65. The quantitative estimate of drug-likeness (QED) is 0.595. The maximum absolute atomic E-state index is 5.28. The van der Waals surface area contributed by atoms with Crippen LogP contribution in [0, 0.1) is 11.3 Å². The monoisotopic (exact) mass is 286 g/mol. The third-order valence-electron chi connectivity index (χ3n) is 4.18. The number of hydrogen-bond donors (Lipinski definition) is 1. The Hall–Kier alpha value is -0.120. The van der Waals surface area contributed by atoms with E-state index in [0.717, 1.165) is 26.2 Å². The first kappa shape index (κ1) is 19.9. The van der Waals surface area contributed by atoms with Crippen LogP contribution in [0.3, 0.4) is 0 Å². The van der Waals surface area contributed by atoms with Crippen LogP contribution in [0.4, 0.5) is 0 Å². The molecule has 1 N–H and O–H groups in total. The van der Waals surface area contributed by atoms with Crippen molar-refractivity contribution in [1.82, 2.24) is 10.2 Å². The Kier molecular flexibility index (Phi) is 10.5. The number of rotatable bonds is 12. The normalized spacial score (nSPS) is 12.9. The Labute approximate surface area is 127 Å². The average Bonchev–Trinajstić information content (AvgIpc) is 2.40. The van der Waals surface area contributed by atoms with Gasteiger partial charge in [-0.2, -0.15) is 0 Å². The highest BCUT2D eigenvalue weighted by Crippen LogP contribution is 2.27. The smallest absolute Gasteiger partial charge is 0.0589 e. The van der Waals surface area contributed by atoms with Gasteiger partial charge in [-0.3, -0.25) is 0 Å². The zero-order chi connectivity index (χ0) is 15.6. The van der Waals surface area contributed by atoms with Crippen LogP contribution in [0.15, 0.2) is 0 Å². The van der Waals surface area contributed by atoms with E-state index in [2.05, 4.69) is 51.8 Å². The van der Waals surface area contributed by atoms with E-state index in [1.807, 2.05) is 0 Å². The molecule has 0 rings (SSSR count). The van der Waals surface area contributed by atoms with Gasteiger partial charge in [-0.05, 0) is 24.2 Å². The second kappa shape index (κ2) is 10.6. The van der Waals surface area contributed by atoms with E-state index in [1.54, 1.807) is 7.11 Å². The summed E-state index contributed by atoms with van der Waals surface area (Å²) in [7, 11) is 1.79. The van der Waals surface area contributed by atoms with E-state index in [1.165, 1.54) is 19.4 Å². The van der Waals surface area contributed by atoms with Gasteiger partial charge >= 0.3 is 0 Å². The summed E-state index contributed by atoms with van der Waals surface area (Å²) in [5.41, 5.74) is 0.382. The lowest BCUT2D eigenvalue weighted by molar-refractivity contribution is 0.0887. The Morgan fingerprint density at radius 1 is 1.10 bits per heavy atom. The van der Waals surface area contributed by atoms with Gasteiger partial charge in [-0.25, -0.2) is 0 Å². The molecule has 0 amide bonds. The topological polar surface area (TPSA) is 24.5 Å². The van der Waals surface area contributed by atoms with Crippen LogP contribution in [-0.4, -0.2) is 50.8 Å². The second-order valence-electron chi connectivity index (χ2n) is 6.86. The molecule has 0 spiro atoms. The molecular weight excluding hydrogens is 248 g/mol. The van der Waals surface area contributed by atoms with Crippen molar-refractivity contribution in [3.63, 3.8) is 0 Å². The molecule has 0 aliphatic heterocycles. The molecule has 0 aromatic heterocycles. The van der Waals surface area contributed by atoms with Gasteiger partial charge in [0.1, 0.15) is 0 Å². The van der Waals surface area contributed by atoms with Gasteiger partial charge in [0.05, 0.1) is 6.61 Å². The molecule has 3 heteroatoms. The Morgan fingerprint density at radius 3 is 2.10 bits per heavy atom. The van der Waals surface area contributed by atoms with Crippen molar-refractivity contribution in [3.05, 3.63) is 0 Å². The molecule has 0 aliphatic rings. The number of ether oxygens (including phenoxy) is 1. The van der Waals surface area contributed by atoms with Gasteiger partial charge in [0.25, 0.3) is 0 Å². The molecule has 0 fully saturated rings. The lowest BCUT2D eigenvalue weighted by Gasteiger charge is -2.38. The minimum atomic E-state index is 0.382. The van der Waals surface area contributed by atoms with Crippen molar-refractivity contribution < 1.29 is 4.74 Å². The summed E-state index contributed by atoms with van der Waals surface area (Å²) in [6, 6.07) is 0.560. The summed E-state index contributed by atoms with van der Waals surface area (Å²) in [6.45, 7) is 19.0. The zero-order valence-electron chi connectivity index (χ0n) is 15.0. The van der Waals surface area contributed by atoms with Gasteiger partial charge < -0.3 is 15.0 Å². The molecule has 20 heavy (non-hydrogen) atoms. The Balaban J connectivity index is 4.68. The number of nitrogens with one attached hydrogen (secondary N) is 1. The summed E-state index contributed by atoms with van der Waals surface area (Å²) in [4.78, 5) is 2.59. The SMILES string of the molecule is CCC(CC)(CNC(C)C)CN(CCOC)CC(C)C. The summed E-state index contributed by atoms with van der Waals surface area (Å²) < 4.78 is 5.28. The minimum absolute atomic E-state index is 0.382. The van der Waals surface area contributed by atoms with Gasteiger partial charge in [0, 0.05) is 39.3 Å². The van der Waals surface area contributed by atoms with E-state index < -0.39 is 0 Å². The van der Waals surface area contributed by atoms with E-state index in [9.17, 15) is 0 Å². The molecule has 122 valence electrons. The number of hydrogen-bond acceptors (Lipinski definition) is 3. The van der Waals surface area contributed by atoms with E-state index >= 15 is 0 Å². The van der Waals surface area contributed by atoms with Gasteiger partial charge in [-0.1, -0.05) is 41.5 Å². The minimum Gasteiger partial charge on any atom is -0.383 e. The van der Waals surface area contributed by atoms with Crippen LogP contribution < -0.4 is 5.32 Å². The van der Waals surface area contributed by atoms with Crippen LogP contribution in [0.5, 0.6) is 0 Å². The van der Waals surface area contributed by atoms with Crippen LogP contribution in [0.1, 0.15) is 54.4 Å². The molecule has 0 aromatic rings. The highest BCUT2D eigenvalue weighted by molar-refractivity contribution is 4.84. The molecule has 0 saturated heterocycles. The molecule has 0 saturated carbocycles. The van der Waals surface area contributed by atoms with Gasteiger partial charge in [0.2, 0.25) is 0 Å². The molecule has 0 radical (unpaired) electrons. The van der Waals surface area contributed by atoms with Crippen LogP contribution in [0.25, 0.3) is 0 Å². The van der Waals surface area contributed by atoms with Crippen LogP contribution in [0.2, 0.25) is 0 Å². The van der Waals surface area contributed by atoms with Crippen molar-refractivity contribution in [1.29, 1.82) is 0 Å². The number of methoxy groups -OCH3 is 1. The largest absolute Gasteiger partial charge is 0.383 e. The fourth-order valence-electron chi connectivity index (χ4n) is 2.65. The maximum Gasteiger partial charge on any atom is 0.0589 e. The fourth-order valence-corrected chi connectivity index (χ4v) is 2.65. The molecule has 0 aromatic carbocycles. The molecule has 0 bridgehead atoms. The van der Waals surface area contributed by atoms with Crippen LogP contribution >= 0.6 is 0 Å². The Bertz CT molecular complexity index is 225. The van der Waals surface area contributed by atoms with Crippen molar-refractivity contribution in [2.24, 2.45) is 11.3 Å². The van der Waals surface area contributed by atoms with Gasteiger partial charge in [-0.15, -0.1) is 0 Å². The predicted molar refractivity (Wildman–Crippen MR) is 89.3 cm³/mol. The lowest BCUT2D eigenvalue weighted by Crippen LogP contribution is -2.46. The van der Waals surface area contributed by atoms with Crippen molar-refractivity contribution in [2.75, 3.05) is 39.9 Å².